The first-order valence-electron chi connectivity index (χ1n) is 13.7. The van der Waals surface area contributed by atoms with Crippen LogP contribution in [0.2, 0.25) is 0 Å². The second-order valence-electron chi connectivity index (χ2n) is 10.5. The number of hydrogen-bond donors (Lipinski definition) is 0. The molecule has 2 aromatic heterocycles. The molecule has 5 rings (SSSR count). The van der Waals surface area contributed by atoms with Crippen LogP contribution in [0.4, 0.5) is 5.69 Å². The summed E-state index contributed by atoms with van der Waals surface area (Å²) >= 11 is 1.20. The molecule has 0 spiro atoms. The predicted octanol–water partition coefficient (Wildman–Crippen LogP) is 5.71. The van der Waals surface area contributed by atoms with Gasteiger partial charge in [-0.3, -0.25) is 19.5 Å². The molecule has 2 aromatic carbocycles. The predicted molar refractivity (Wildman–Crippen MR) is 161 cm³/mol. The Morgan fingerprint density at radius 3 is 2.52 bits per heavy atom. The standard InChI is InChI=1S/C32H31N3O6S/c1-7-40-31(37)28-20(6)33-32-34(29(28)22-10-8-21(9-11-22)17(2)3)30(36)27(42-32)16-24-12-13-26(41-24)23-14-18(4)19(5)25(15-23)35(38)39/h8-17,29H,7H2,1-6H3/b27-16-/t29-/m1/s1. The molecule has 0 saturated heterocycles. The molecule has 0 N–H and O–H groups in total. The van der Waals surface area contributed by atoms with Crippen molar-refractivity contribution < 1.29 is 18.9 Å². The second-order valence-corrected chi connectivity index (χ2v) is 11.5. The molecule has 9 nitrogen and oxygen atoms in total. The van der Waals surface area contributed by atoms with Crippen LogP contribution >= 0.6 is 11.3 Å². The molecule has 0 saturated carbocycles. The van der Waals surface area contributed by atoms with E-state index in [1.807, 2.05) is 37.3 Å². The molecule has 0 aliphatic carbocycles. The van der Waals surface area contributed by atoms with Gasteiger partial charge in [0, 0.05) is 23.3 Å². The molecule has 0 radical (unpaired) electrons. The van der Waals surface area contributed by atoms with Crippen LogP contribution in [0, 0.1) is 24.0 Å². The van der Waals surface area contributed by atoms with Crippen molar-refractivity contribution in [2.75, 3.05) is 6.61 Å². The molecule has 1 aliphatic heterocycles. The summed E-state index contributed by atoms with van der Waals surface area (Å²) in [6, 6.07) is 14.0. The molecule has 1 aliphatic rings. The van der Waals surface area contributed by atoms with Crippen molar-refractivity contribution in [2.45, 2.75) is 53.5 Å². The van der Waals surface area contributed by atoms with E-state index in [2.05, 4.69) is 18.8 Å². The highest BCUT2D eigenvalue weighted by Crippen LogP contribution is 2.33. The number of ether oxygens (including phenoxy) is 1. The zero-order valence-electron chi connectivity index (χ0n) is 24.3. The number of aryl methyl sites for hydroxylation is 1. The number of rotatable bonds is 7. The molecular weight excluding hydrogens is 554 g/mol. The van der Waals surface area contributed by atoms with E-state index in [1.165, 1.54) is 22.0 Å². The van der Waals surface area contributed by atoms with Crippen molar-refractivity contribution in [2.24, 2.45) is 4.99 Å². The lowest BCUT2D eigenvalue weighted by atomic mass is 9.93. The fraction of sp³-hybridized carbons (Fsp3) is 0.281. The van der Waals surface area contributed by atoms with Gasteiger partial charge in [0.2, 0.25) is 0 Å². The molecule has 42 heavy (non-hydrogen) atoms. The number of fused-ring (bicyclic) bond motifs is 1. The van der Waals surface area contributed by atoms with Gasteiger partial charge in [-0.1, -0.05) is 49.4 Å². The van der Waals surface area contributed by atoms with E-state index in [9.17, 15) is 19.7 Å². The second kappa shape index (κ2) is 11.4. The zero-order chi connectivity index (χ0) is 30.3. The number of nitro benzene ring substituents is 1. The normalized spacial score (nSPS) is 15.1. The highest BCUT2D eigenvalue weighted by molar-refractivity contribution is 7.07. The summed E-state index contributed by atoms with van der Waals surface area (Å²) in [5.74, 6) is 0.680. The van der Waals surface area contributed by atoms with Gasteiger partial charge in [-0.15, -0.1) is 0 Å². The molecule has 1 atom stereocenters. The summed E-state index contributed by atoms with van der Waals surface area (Å²) in [6.07, 6.45) is 1.63. The fourth-order valence-electron chi connectivity index (χ4n) is 5.06. The Bertz CT molecular complexity index is 1930. The van der Waals surface area contributed by atoms with Crippen LogP contribution in [-0.2, 0) is 9.53 Å². The van der Waals surface area contributed by atoms with Gasteiger partial charge < -0.3 is 9.15 Å². The molecule has 0 fully saturated rings. The number of nitrogens with zero attached hydrogens (tertiary/aromatic N) is 3. The summed E-state index contributed by atoms with van der Waals surface area (Å²) < 4.78 is 13.3. The van der Waals surface area contributed by atoms with E-state index in [4.69, 9.17) is 9.15 Å². The maximum absolute atomic E-state index is 13.9. The van der Waals surface area contributed by atoms with Crippen molar-refractivity contribution in [3.05, 3.63) is 118 Å². The van der Waals surface area contributed by atoms with E-state index >= 15 is 0 Å². The summed E-state index contributed by atoms with van der Waals surface area (Å²) in [5, 5.41) is 11.5. The maximum atomic E-state index is 13.9. The third kappa shape index (κ3) is 5.25. The number of benzene rings is 2. The van der Waals surface area contributed by atoms with Crippen molar-refractivity contribution in [3.8, 4) is 11.3 Å². The number of thiazole rings is 1. The lowest BCUT2D eigenvalue weighted by Gasteiger charge is -2.25. The molecule has 0 unspecified atom stereocenters. The Morgan fingerprint density at radius 2 is 1.88 bits per heavy atom. The smallest absolute Gasteiger partial charge is 0.338 e. The lowest BCUT2D eigenvalue weighted by Crippen LogP contribution is -2.39. The van der Waals surface area contributed by atoms with Gasteiger partial charge in [-0.25, -0.2) is 9.79 Å². The Kier molecular flexibility index (Phi) is 7.83. The van der Waals surface area contributed by atoms with Crippen LogP contribution in [0.15, 0.2) is 74.0 Å². The van der Waals surface area contributed by atoms with Gasteiger partial charge in [-0.2, -0.15) is 0 Å². The third-order valence-electron chi connectivity index (χ3n) is 7.46. The minimum atomic E-state index is -0.702. The van der Waals surface area contributed by atoms with E-state index in [-0.39, 0.29) is 17.9 Å². The molecule has 216 valence electrons. The largest absolute Gasteiger partial charge is 0.463 e. The first-order chi connectivity index (χ1) is 20.0. The summed E-state index contributed by atoms with van der Waals surface area (Å²) in [6.45, 7) is 11.4. The molecule has 10 heteroatoms. The van der Waals surface area contributed by atoms with Crippen molar-refractivity contribution >= 4 is 29.1 Å². The SMILES string of the molecule is CCOC(=O)C1=C(C)N=c2s/c(=C\c3ccc(-c4cc(C)c(C)c([N+](=O)[O-])c4)o3)c(=O)n2[C@@H]1c1ccc(C(C)C)cc1. The van der Waals surface area contributed by atoms with Gasteiger partial charge >= 0.3 is 5.97 Å². The van der Waals surface area contributed by atoms with Gasteiger partial charge in [-0.05, 0) is 68.5 Å². The number of carbonyl (C=O) groups excluding carboxylic acids is 1. The number of aromatic nitrogens is 1. The van der Waals surface area contributed by atoms with Crippen LogP contribution in [-0.4, -0.2) is 22.1 Å². The number of esters is 1. The first kappa shape index (κ1) is 28.9. The van der Waals surface area contributed by atoms with Gasteiger partial charge in [0.15, 0.2) is 4.80 Å². The molecule has 0 bridgehead atoms. The molecule has 0 amide bonds. The topological polar surface area (TPSA) is 117 Å². The maximum Gasteiger partial charge on any atom is 0.338 e. The minimum Gasteiger partial charge on any atom is -0.463 e. The van der Waals surface area contributed by atoms with E-state index in [1.54, 1.807) is 39.0 Å². The quantitative estimate of drug-likeness (QED) is 0.156. The number of allylic oxidation sites excluding steroid dienone is 1. The van der Waals surface area contributed by atoms with Crippen LogP contribution < -0.4 is 14.9 Å². The highest BCUT2D eigenvalue weighted by Gasteiger charge is 2.33. The first-order valence-corrected chi connectivity index (χ1v) is 14.5. The summed E-state index contributed by atoms with van der Waals surface area (Å²) in [7, 11) is 0. The zero-order valence-corrected chi connectivity index (χ0v) is 25.1. The number of nitro groups is 1. The van der Waals surface area contributed by atoms with E-state index in [0.29, 0.717) is 49.2 Å². The third-order valence-corrected chi connectivity index (χ3v) is 8.44. The summed E-state index contributed by atoms with van der Waals surface area (Å²) in [4.78, 5) is 43.2. The van der Waals surface area contributed by atoms with E-state index in [0.717, 1.165) is 16.7 Å². The Morgan fingerprint density at radius 1 is 1.17 bits per heavy atom. The Labute approximate surface area is 246 Å². The summed E-state index contributed by atoms with van der Waals surface area (Å²) in [5.41, 5.74) is 4.40. The van der Waals surface area contributed by atoms with Gasteiger partial charge in [0.1, 0.15) is 11.5 Å². The minimum absolute atomic E-state index is 0.0189. The monoisotopic (exact) mass is 585 g/mol. The highest BCUT2D eigenvalue weighted by atomic mass is 32.1. The van der Waals surface area contributed by atoms with Crippen LogP contribution in [0.5, 0.6) is 0 Å². The van der Waals surface area contributed by atoms with Gasteiger partial charge in [0.25, 0.3) is 11.2 Å². The van der Waals surface area contributed by atoms with Crippen molar-refractivity contribution in [1.29, 1.82) is 0 Å². The Hall–Kier alpha value is -4.57. The van der Waals surface area contributed by atoms with Crippen LogP contribution in [0.25, 0.3) is 17.4 Å². The molecular formula is C32H31N3O6S. The number of furan rings is 1. The molecule has 4 aromatic rings. The average Bonchev–Trinajstić information content (AvgIpc) is 3.53. The lowest BCUT2D eigenvalue weighted by molar-refractivity contribution is -0.385. The Balaban J connectivity index is 1.62. The van der Waals surface area contributed by atoms with Crippen molar-refractivity contribution in [1.82, 2.24) is 4.57 Å². The number of carbonyl (C=O) groups is 1. The van der Waals surface area contributed by atoms with Gasteiger partial charge in [0.05, 0.1) is 33.4 Å². The van der Waals surface area contributed by atoms with Crippen LogP contribution in [0.3, 0.4) is 0 Å². The average molecular weight is 586 g/mol. The van der Waals surface area contributed by atoms with Crippen molar-refractivity contribution in [3.63, 3.8) is 0 Å². The van der Waals surface area contributed by atoms with E-state index < -0.39 is 16.9 Å². The fourth-order valence-corrected chi connectivity index (χ4v) is 6.08. The number of hydrogen-bond acceptors (Lipinski definition) is 8. The van der Waals surface area contributed by atoms with Crippen LogP contribution in [0.1, 0.15) is 67.7 Å². The molecule has 3 heterocycles.